The van der Waals surface area contributed by atoms with Gasteiger partial charge in [-0.05, 0) is 39.8 Å². The molecule has 0 spiro atoms. The second-order valence-corrected chi connectivity index (χ2v) is 10.0. The topological polar surface area (TPSA) is 106 Å². The van der Waals surface area contributed by atoms with Crippen LogP contribution in [0.2, 0.25) is 0 Å². The van der Waals surface area contributed by atoms with E-state index in [9.17, 15) is 9.59 Å². The van der Waals surface area contributed by atoms with Crippen molar-refractivity contribution in [2.24, 2.45) is 5.10 Å². The summed E-state index contributed by atoms with van der Waals surface area (Å²) < 4.78 is 16.4. The van der Waals surface area contributed by atoms with E-state index < -0.39 is 5.60 Å². The van der Waals surface area contributed by atoms with Crippen molar-refractivity contribution in [2.75, 3.05) is 51.4 Å². The second-order valence-electron chi connectivity index (χ2n) is 9.19. The number of rotatable bonds is 10. The molecule has 1 aromatic heterocycles. The van der Waals surface area contributed by atoms with Crippen LogP contribution in [0.15, 0.2) is 34.7 Å². The Bertz CT molecular complexity index is 1030. The van der Waals surface area contributed by atoms with Crippen LogP contribution in [-0.4, -0.2) is 84.6 Å². The lowest BCUT2D eigenvalue weighted by Gasteiger charge is -2.35. The highest BCUT2D eigenvalue weighted by Gasteiger charge is 2.25. The number of hydrogen-bond acceptors (Lipinski definition) is 10. The van der Waals surface area contributed by atoms with E-state index in [-0.39, 0.29) is 18.5 Å². The minimum Gasteiger partial charge on any atom is -0.492 e. The molecule has 2 aromatic rings. The monoisotopic (exact) mass is 517 g/mol. The third kappa shape index (κ3) is 9.12. The number of benzene rings is 1. The Balaban J connectivity index is 1.42. The van der Waals surface area contributed by atoms with Gasteiger partial charge in [0.2, 0.25) is 5.13 Å². The molecule has 1 aliphatic heterocycles. The lowest BCUT2D eigenvalue weighted by atomic mass is 10.2. The van der Waals surface area contributed by atoms with Crippen LogP contribution in [0.5, 0.6) is 5.75 Å². The molecule has 1 amide bonds. The second kappa shape index (κ2) is 13.2. The molecule has 2 heterocycles. The van der Waals surface area contributed by atoms with Crippen molar-refractivity contribution in [1.29, 1.82) is 0 Å². The molecule has 0 radical (unpaired) electrons. The number of thiazole rings is 1. The first-order valence-corrected chi connectivity index (χ1v) is 12.9. The first kappa shape index (κ1) is 27.4. The lowest BCUT2D eigenvalue weighted by molar-refractivity contribution is -0.142. The molecular formula is C25H35N5O5S. The highest BCUT2D eigenvalue weighted by atomic mass is 32.1. The predicted octanol–water partition coefficient (Wildman–Crippen LogP) is 3.63. The van der Waals surface area contributed by atoms with Crippen molar-refractivity contribution in [3.05, 3.63) is 40.9 Å². The van der Waals surface area contributed by atoms with E-state index in [4.69, 9.17) is 14.2 Å². The van der Waals surface area contributed by atoms with Crippen LogP contribution in [0.4, 0.5) is 9.93 Å². The fourth-order valence-corrected chi connectivity index (χ4v) is 4.10. The molecule has 1 aromatic carbocycles. The van der Waals surface area contributed by atoms with E-state index in [2.05, 4.69) is 20.4 Å². The van der Waals surface area contributed by atoms with Gasteiger partial charge in [0, 0.05) is 43.7 Å². The molecule has 0 atom stereocenters. The molecule has 1 N–H and O–H groups in total. The normalized spacial score (nSPS) is 14.6. The van der Waals surface area contributed by atoms with Crippen LogP contribution < -0.4 is 10.2 Å². The number of anilines is 1. The number of aromatic nitrogens is 1. The van der Waals surface area contributed by atoms with E-state index in [0.29, 0.717) is 37.1 Å². The summed E-state index contributed by atoms with van der Waals surface area (Å²) in [6.45, 7) is 11.9. The maximum Gasteiger partial charge on any atom is 0.410 e. The third-order valence-corrected chi connectivity index (χ3v) is 5.95. The maximum absolute atomic E-state index is 12.2. The highest BCUT2D eigenvalue weighted by Crippen LogP contribution is 2.18. The van der Waals surface area contributed by atoms with Gasteiger partial charge in [-0.1, -0.05) is 12.1 Å². The largest absolute Gasteiger partial charge is 0.492 e. The van der Waals surface area contributed by atoms with Gasteiger partial charge < -0.3 is 19.1 Å². The molecule has 3 rings (SSSR count). The standard InChI is InChI=1S/C25H35N5O5S/c1-5-33-22(31)16-20-18-36-23(27-20)28-26-17-19-8-6-7-9-21(19)34-15-14-29-10-12-30(13-11-29)24(32)35-25(2,3)4/h6-9,17-18H,5,10-16H2,1-4H3,(H,27,28). The Labute approximate surface area is 216 Å². The molecule has 0 unspecified atom stereocenters. The van der Waals surface area contributed by atoms with Gasteiger partial charge in [-0.2, -0.15) is 5.10 Å². The maximum atomic E-state index is 12.2. The Morgan fingerprint density at radius 3 is 2.67 bits per heavy atom. The average molecular weight is 518 g/mol. The summed E-state index contributed by atoms with van der Waals surface area (Å²) in [5.74, 6) is 0.437. The Morgan fingerprint density at radius 2 is 1.94 bits per heavy atom. The molecule has 196 valence electrons. The van der Waals surface area contributed by atoms with Crippen LogP contribution in [0, 0.1) is 0 Å². The first-order valence-electron chi connectivity index (χ1n) is 12.0. The SMILES string of the molecule is CCOC(=O)Cc1csc(NN=Cc2ccccc2OCCN2CCN(C(=O)OC(C)(C)C)CC2)n1. The van der Waals surface area contributed by atoms with Gasteiger partial charge in [0.25, 0.3) is 0 Å². The quantitative estimate of drug-likeness (QED) is 0.289. The Kier molecular flexibility index (Phi) is 10.1. The van der Waals surface area contributed by atoms with Gasteiger partial charge in [-0.25, -0.2) is 9.78 Å². The van der Waals surface area contributed by atoms with Gasteiger partial charge >= 0.3 is 12.1 Å². The minimum atomic E-state index is -0.485. The molecule has 10 nitrogen and oxygen atoms in total. The number of hydrazone groups is 1. The van der Waals surface area contributed by atoms with Crippen molar-refractivity contribution in [3.8, 4) is 5.75 Å². The zero-order chi connectivity index (χ0) is 26.0. The van der Waals surface area contributed by atoms with Crippen molar-refractivity contribution < 1.29 is 23.8 Å². The number of para-hydroxylation sites is 1. The van der Waals surface area contributed by atoms with E-state index in [1.54, 1.807) is 23.4 Å². The number of nitrogens with zero attached hydrogens (tertiary/aromatic N) is 4. The molecule has 0 saturated carbocycles. The molecule has 1 aliphatic rings. The van der Waals surface area contributed by atoms with Gasteiger partial charge in [-0.3, -0.25) is 15.1 Å². The third-order valence-electron chi connectivity index (χ3n) is 5.15. The summed E-state index contributed by atoms with van der Waals surface area (Å²) in [4.78, 5) is 32.2. The fraction of sp³-hybridized carbons (Fsp3) is 0.520. The molecule has 1 saturated heterocycles. The van der Waals surface area contributed by atoms with E-state index in [1.807, 2.05) is 45.0 Å². The number of esters is 1. The van der Waals surface area contributed by atoms with E-state index in [1.165, 1.54) is 11.3 Å². The number of piperazine rings is 1. The van der Waals surface area contributed by atoms with Crippen molar-refractivity contribution in [1.82, 2.24) is 14.8 Å². The van der Waals surface area contributed by atoms with Crippen molar-refractivity contribution in [3.63, 3.8) is 0 Å². The number of carbonyl (C=O) groups excluding carboxylic acids is 2. The van der Waals surface area contributed by atoms with Crippen LogP contribution in [0.1, 0.15) is 39.0 Å². The first-order chi connectivity index (χ1) is 17.2. The van der Waals surface area contributed by atoms with Gasteiger partial charge in [0.05, 0.1) is 24.9 Å². The number of nitrogens with one attached hydrogen (secondary N) is 1. The minimum absolute atomic E-state index is 0.141. The fourth-order valence-electron chi connectivity index (χ4n) is 3.44. The van der Waals surface area contributed by atoms with Crippen LogP contribution in [0.3, 0.4) is 0 Å². The van der Waals surface area contributed by atoms with Gasteiger partial charge in [0.1, 0.15) is 18.0 Å². The number of ether oxygens (including phenoxy) is 3. The molecule has 36 heavy (non-hydrogen) atoms. The van der Waals surface area contributed by atoms with Crippen LogP contribution >= 0.6 is 11.3 Å². The summed E-state index contributed by atoms with van der Waals surface area (Å²) in [5, 5.41) is 6.66. The van der Waals surface area contributed by atoms with E-state index >= 15 is 0 Å². The van der Waals surface area contributed by atoms with Gasteiger partial charge in [0.15, 0.2) is 0 Å². The highest BCUT2D eigenvalue weighted by molar-refractivity contribution is 7.13. The van der Waals surface area contributed by atoms with E-state index in [0.717, 1.165) is 30.9 Å². The summed E-state index contributed by atoms with van der Waals surface area (Å²) >= 11 is 1.37. The number of carbonyl (C=O) groups is 2. The number of amides is 1. The zero-order valence-electron chi connectivity index (χ0n) is 21.4. The van der Waals surface area contributed by atoms with Crippen molar-refractivity contribution in [2.45, 2.75) is 39.7 Å². The van der Waals surface area contributed by atoms with Gasteiger partial charge in [-0.15, -0.1) is 11.3 Å². The molecule has 11 heteroatoms. The molecule has 0 aliphatic carbocycles. The van der Waals surface area contributed by atoms with Crippen molar-refractivity contribution >= 4 is 34.7 Å². The Hall–Kier alpha value is -3.18. The van der Waals surface area contributed by atoms with Crippen LogP contribution in [-0.2, 0) is 20.7 Å². The Morgan fingerprint density at radius 1 is 1.19 bits per heavy atom. The number of hydrogen-bond donors (Lipinski definition) is 1. The average Bonchev–Trinajstić information content (AvgIpc) is 3.26. The smallest absolute Gasteiger partial charge is 0.410 e. The molecule has 1 fully saturated rings. The lowest BCUT2D eigenvalue weighted by Crippen LogP contribution is -2.50. The zero-order valence-corrected chi connectivity index (χ0v) is 22.2. The van der Waals surface area contributed by atoms with Crippen LogP contribution in [0.25, 0.3) is 0 Å². The molecule has 0 bridgehead atoms. The predicted molar refractivity (Wildman–Crippen MR) is 140 cm³/mol. The summed E-state index contributed by atoms with van der Waals surface area (Å²) in [6, 6.07) is 7.67. The summed E-state index contributed by atoms with van der Waals surface area (Å²) in [5.41, 5.74) is 3.90. The summed E-state index contributed by atoms with van der Waals surface area (Å²) in [6.07, 6.45) is 1.57. The molecular weight excluding hydrogens is 482 g/mol. The summed E-state index contributed by atoms with van der Waals surface area (Å²) in [7, 11) is 0.